The summed E-state index contributed by atoms with van der Waals surface area (Å²) in [6, 6.07) is 3.99. The second-order valence-corrected chi connectivity index (χ2v) is 3.95. The van der Waals surface area contributed by atoms with Gasteiger partial charge in [-0.15, -0.1) is 0 Å². The van der Waals surface area contributed by atoms with Gasteiger partial charge in [-0.2, -0.15) is 0 Å². The summed E-state index contributed by atoms with van der Waals surface area (Å²) in [7, 11) is 0. The van der Waals surface area contributed by atoms with Crippen LogP contribution < -0.4 is 10.6 Å². The summed E-state index contributed by atoms with van der Waals surface area (Å²) in [6.45, 7) is 4.58. The molecule has 1 fully saturated rings. The Labute approximate surface area is 84.9 Å². The van der Waals surface area contributed by atoms with Gasteiger partial charge in [-0.3, -0.25) is 0 Å². The Balaban J connectivity index is 2.09. The lowest BCUT2D eigenvalue weighted by Crippen LogP contribution is -2.19. The number of nitrogen functional groups attached to an aromatic ring is 1. The average molecular weight is 191 g/mol. The van der Waals surface area contributed by atoms with Crippen molar-refractivity contribution in [2.24, 2.45) is 5.92 Å². The minimum absolute atomic E-state index is 0.613. The van der Waals surface area contributed by atoms with Crippen LogP contribution in [0.4, 0.5) is 11.5 Å². The SMILES string of the molecule is CCC1CCN(c2ccnc(N)c2)C1. The van der Waals surface area contributed by atoms with Gasteiger partial charge in [0.2, 0.25) is 0 Å². The van der Waals surface area contributed by atoms with Crippen LogP contribution in [0.15, 0.2) is 18.3 Å². The minimum Gasteiger partial charge on any atom is -0.384 e. The van der Waals surface area contributed by atoms with Gasteiger partial charge in [0.1, 0.15) is 5.82 Å². The van der Waals surface area contributed by atoms with E-state index in [-0.39, 0.29) is 0 Å². The molecule has 1 aromatic rings. The molecule has 2 heterocycles. The second kappa shape index (κ2) is 3.86. The van der Waals surface area contributed by atoms with E-state index in [1.165, 1.54) is 25.1 Å². The second-order valence-electron chi connectivity index (χ2n) is 3.95. The zero-order valence-corrected chi connectivity index (χ0v) is 8.61. The minimum atomic E-state index is 0.613. The Morgan fingerprint density at radius 2 is 2.50 bits per heavy atom. The van der Waals surface area contributed by atoms with Gasteiger partial charge < -0.3 is 10.6 Å². The first-order chi connectivity index (χ1) is 6.79. The first-order valence-corrected chi connectivity index (χ1v) is 5.26. The number of rotatable bonds is 2. The van der Waals surface area contributed by atoms with Crippen molar-refractivity contribution in [2.75, 3.05) is 23.7 Å². The van der Waals surface area contributed by atoms with E-state index in [9.17, 15) is 0 Å². The number of hydrogen-bond acceptors (Lipinski definition) is 3. The van der Waals surface area contributed by atoms with Crippen molar-refractivity contribution in [3.8, 4) is 0 Å². The number of hydrogen-bond donors (Lipinski definition) is 1. The standard InChI is InChI=1S/C11H17N3/c1-2-9-4-6-14(8-9)10-3-5-13-11(12)7-10/h3,5,7,9H,2,4,6,8H2,1H3,(H2,12,13). The Morgan fingerprint density at radius 1 is 1.64 bits per heavy atom. The normalized spacial score (nSPS) is 21.5. The maximum Gasteiger partial charge on any atom is 0.125 e. The fourth-order valence-electron chi connectivity index (χ4n) is 2.03. The van der Waals surface area contributed by atoms with Crippen LogP contribution in [0.1, 0.15) is 19.8 Å². The van der Waals surface area contributed by atoms with Gasteiger partial charge in [0.15, 0.2) is 0 Å². The van der Waals surface area contributed by atoms with Gasteiger partial charge in [-0.1, -0.05) is 13.3 Å². The lowest BCUT2D eigenvalue weighted by Gasteiger charge is -2.18. The number of nitrogens with zero attached hydrogens (tertiary/aromatic N) is 2. The van der Waals surface area contributed by atoms with Crippen molar-refractivity contribution in [3.05, 3.63) is 18.3 Å². The summed E-state index contributed by atoms with van der Waals surface area (Å²) in [5, 5.41) is 0. The lowest BCUT2D eigenvalue weighted by molar-refractivity contribution is 0.569. The van der Waals surface area contributed by atoms with E-state index in [2.05, 4.69) is 16.8 Å². The number of aromatic nitrogens is 1. The Hall–Kier alpha value is -1.25. The fraction of sp³-hybridized carbons (Fsp3) is 0.545. The molecule has 0 aliphatic carbocycles. The van der Waals surface area contributed by atoms with Crippen LogP contribution in [-0.2, 0) is 0 Å². The summed E-state index contributed by atoms with van der Waals surface area (Å²) >= 11 is 0. The molecule has 0 bridgehead atoms. The van der Waals surface area contributed by atoms with Crippen LogP contribution in [0.5, 0.6) is 0 Å². The molecule has 0 spiro atoms. The molecule has 0 amide bonds. The first-order valence-electron chi connectivity index (χ1n) is 5.26. The van der Waals surface area contributed by atoms with Crippen molar-refractivity contribution >= 4 is 11.5 Å². The molecule has 0 radical (unpaired) electrons. The van der Waals surface area contributed by atoms with Crippen molar-refractivity contribution in [1.82, 2.24) is 4.98 Å². The molecule has 3 nitrogen and oxygen atoms in total. The highest BCUT2D eigenvalue weighted by molar-refractivity contribution is 5.52. The largest absolute Gasteiger partial charge is 0.384 e. The van der Waals surface area contributed by atoms with Gasteiger partial charge in [0.05, 0.1) is 0 Å². The molecule has 0 saturated carbocycles. The number of pyridine rings is 1. The molecule has 3 heteroatoms. The molecular weight excluding hydrogens is 174 g/mol. The Bertz CT molecular complexity index is 311. The van der Waals surface area contributed by atoms with Gasteiger partial charge in [0.25, 0.3) is 0 Å². The molecule has 1 aromatic heterocycles. The fourth-order valence-corrected chi connectivity index (χ4v) is 2.03. The first kappa shape index (κ1) is 9.31. The predicted octanol–water partition coefficient (Wildman–Crippen LogP) is 1.90. The molecule has 1 aliphatic rings. The third kappa shape index (κ3) is 1.81. The highest BCUT2D eigenvalue weighted by Gasteiger charge is 2.20. The average Bonchev–Trinajstić information content (AvgIpc) is 2.66. The molecule has 2 rings (SSSR count). The van der Waals surface area contributed by atoms with E-state index in [1.807, 2.05) is 12.1 Å². The smallest absolute Gasteiger partial charge is 0.125 e. The summed E-state index contributed by atoms with van der Waals surface area (Å²) in [5.74, 6) is 1.46. The van der Waals surface area contributed by atoms with Gasteiger partial charge >= 0.3 is 0 Å². The van der Waals surface area contributed by atoms with Gasteiger partial charge in [-0.05, 0) is 18.4 Å². The predicted molar refractivity (Wildman–Crippen MR) is 59.3 cm³/mol. The molecule has 1 saturated heterocycles. The number of anilines is 2. The van der Waals surface area contributed by atoms with Crippen molar-refractivity contribution < 1.29 is 0 Å². The van der Waals surface area contributed by atoms with Crippen LogP contribution >= 0.6 is 0 Å². The van der Waals surface area contributed by atoms with Gasteiger partial charge in [-0.25, -0.2) is 4.98 Å². The summed E-state index contributed by atoms with van der Waals surface area (Å²) in [4.78, 5) is 6.40. The van der Waals surface area contributed by atoms with Crippen molar-refractivity contribution in [3.63, 3.8) is 0 Å². The highest BCUT2D eigenvalue weighted by atomic mass is 15.2. The van der Waals surface area contributed by atoms with Crippen LogP contribution in [0, 0.1) is 5.92 Å². The van der Waals surface area contributed by atoms with E-state index < -0.39 is 0 Å². The van der Waals surface area contributed by atoms with E-state index in [0.717, 1.165) is 12.5 Å². The molecule has 1 aliphatic heterocycles. The molecule has 0 aromatic carbocycles. The van der Waals surface area contributed by atoms with Crippen molar-refractivity contribution in [1.29, 1.82) is 0 Å². The third-order valence-corrected chi connectivity index (χ3v) is 2.99. The zero-order valence-electron chi connectivity index (χ0n) is 8.61. The topological polar surface area (TPSA) is 42.2 Å². The summed E-state index contributed by atoms with van der Waals surface area (Å²) < 4.78 is 0. The molecule has 76 valence electrons. The van der Waals surface area contributed by atoms with E-state index in [0.29, 0.717) is 5.82 Å². The van der Waals surface area contributed by atoms with Crippen LogP contribution in [0.2, 0.25) is 0 Å². The van der Waals surface area contributed by atoms with Crippen LogP contribution in [0.3, 0.4) is 0 Å². The van der Waals surface area contributed by atoms with Crippen LogP contribution in [0.25, 0.3) is 0 Å². The quantitative estimate of drug-likeness (QED) is 0.776. The van der Waals surface area contributed by atoms with Gasteiger partial charge in [0, 0.05) is 31.0 Å². The highest BCUT2D eigenvalue weighted by Crippen LogP contribution is 2.25. The number of nitrogens with two attached hydrogens (primary N) is 1. The Kier molecular flexibility index (Phi) is 2.57. The summed E-state index contributed by atoms with van der Waals surface area (Å²) in [5.41, 5.74) is 6.87. The molecule has 1 unspecified atom stereocenters. The summed E-state index contributed by atoms with van der Waals surface area (Å²) in [6.07, 6.45) is 4.36. The molecule has 14 heavy (non-hydrogen) atoms. The molecule has 1 atom stereocenters. The molecular formula is C11H17N3. The van der Waals surface area contributed by atoms with E-state index in [4.69, 9.17) is 5.73 Å². The van der Waals surface area contributed by atoms with Crippen LogP contribution in [-0.4, -0.2) is 18.1 Å². The molecule has 2 N–H and O–H groups in total. The monoisotopic (exact) mass is 191 g/mol. The zero-order chi connectivity index (χ0) is 9.97. The third-order valence-electron chi connectivity index (χ3n) is 2.99. The lowest BCUT2D eigenvalue weighted by atomic mass is 10.1. The Morgan fingerprint density at radius 3 is 3.14 bits per heavy atom. The maximum atomic E-state index is 5.66. The van der Waals surface area contributed by atoms with E-state index in [1.54, 1.807) is 6.20 Å². The van der Waals surface area contributed by atoms with Crippen molar-refractivity contribution in [2.45, 2.75) is 19.8 Å². The maximum absolute atomic E-state index is 5.66. The van der Waals surface area contributed by atoms with E-state index >= 15 is 0 Å².